The van der Waals surface area contributed by atoms with E-state index >= 15 is 0 Å². The van der Waals surface area contributed by atoms with Crippen molar-refractivity contribution in [3.63, 3.8) is 0 Å². The summed E-state index contributed by atoms with van der Waals surface area (Å²) in [7, 11) is 0. The Labute approximate surface area is 410 Å². The Hall–Kier alpha value is -7.22. The molecule has 2 atom stereocenters. The van der Waals surface area contributed by atoms with Gasteiger partial charge in [-0.25, -0.2) is 0 Å². The summed E-state index contributed by atoms with van der Waals surface area (Å²) in [5.74, 6) is 0. The first-order chi connectivity index (χ1) is 33.2. The van der Waals surface area contributed by atoms with Gasteiger partial charge in [0.15, 0.2) is 0 Å². The SMILES string of the molecule is Cc1ccc(N(c2ccc3c(c2)C(c2ccccc2)(c2ccc(C(C)(C)C)cc2)c2ccccc2-3)c2cccc3c2C2(c4ccccc4-3)c3ccccc3C(C)(C)c3cc(C(C)(C)C)ccc32)cc1. The fourth-order valence-electron chi connectivity index (χ4n) is 12.8. The topological polar surface area (TPSA) is 3.24 Å². The minimum atomic E-state index is -0.598. The highest BCUT2D eigenvalue weighted by molar-refractivity contribution is 5.97. The van der Waals surface area contributed by atoms with Crippen molar-refractivity contribution in [2.24, 2.45) is 0 Å². The molecule has 0 saturated heterocycles. The molecule has 0 fully saturated rings. The van der Waals surface area contributed by atoms with Gasteiger partial charge in [-0.15, -0.1) is 0 Å². The van der Waals surface area contributed by atoms with Crippen LogP contribution in [0.4, 0.5) is 17.1 Å². The zero-order valence-electron chi connectivity index (χ0n) is 41.6. The molecule has 9 aromatic carbocycles. The molecule has 2 unspecified atom stereocenters. The van der Waals surface area contributed by atoms with Gasteiger partial charge in [0.05, 0.1) is 16.5 Å². The summed E-state index contributed by atoms with van der Waals surface area (Å²) in [4.78, 5) is 2.58. The molecule has 0 bridgehead atoms. The van der Waals surface area contributed by atoms with Crippen LogP contribution in [-0.4, -0.2) is 0 Å². The second kappa shape index (κ2) is 15.1. The first-order valence-electron chi connectivity index (χ1n) is 24.9. The molecule has 69 heavy (non-hydrogen) atoms. The number of benzene rings is 9. The van der Waals surface area contributed by atoms with Crippen molar-refractivity contribution in [1.29, 1.82) is 0 Å². The number of aryl methyl sites for hydroxylation is 1. The summed E-state index contributed by atoms with van der Waals surface area (Å²) >= 11 is 0. The van der Waals surface area contributed by atoms with Gasteiger partial charge in [0, 0.05) is 22.4 Å². The minimum Gasteiger partial charge on any atom is -0.310 e. The molecule has 3 aliphatic carbocycles. The van der Waals surface area contributed by atoms with Crippen LogP contribution in [0.2, 0.25) is 0 Å². The van der Waals surface area contributed by atoms with Gasteiger partial charge in [-0.05, 0) is 132 Å². The average Bonchev–Trinajstić information content (AvgIpc) is 3.82. The highest BCUT2D eigenvalue weighted by Crippen LogP contribution is 2.65. The van der Waals surface area contributed by atoms with Crippen LogP contribution in [0.3, 0.4) is 0 Å². The lowest BCUT2D eigenvalue weighted by Crippen LogP contribution is -2.41. The monoisotopic (exact) mass is 891 g/mol. The Morgan fingerprint density at radius 3 is 1.52 bits per heavy atom. The van der Waals surface area contributed by atoms with Gasteiger partial charge in [-0.3, -0.25) is 0 Å². The lowest BCUT2D eigenvalue weighted by molar-refractivity contribution is 0.549. The molecule has 9 aromatic rings. The van der Waals surface area contributed by atoms with Gasteiger partial charge in [0.25, 0.3) is 0 Å². The van der Waals surface area contributed by atoms with Crippen LogP contribution in [0.1, 0.15) is 128 Å². The zero-order valence-corrected chi connectivity index (χ0v) is 41.6. The molecular formula is C68H61N. The van der Waals surface area contributed by atoms with Crippen LogP contribution in [0.5, 0.6) is 0 Å². The fraction of sp³-hybridized carbons (Fsp3) is 0.206. The summed E-state index contributed by atoms with van der Waals surface area (Å²) in [6, 6.07) is 79.5. The highest BCUT2D eigenvalue weighted by atomic mass is 15.1. The molecule has 0 aromatic heterocycles. The van der Waals surface area contributed by atoms with Crippen LogP contribution in [0, 0.1) is 6.92 Å². The second-order valence-electron chi connectivity index (χ2n) is 22.6. The van der Waals surface area contributed by atoms with E-state index in [9.17, 15) is 0 Å². The predicted octanol–water partition coefficient (Wildman–Crippen LogP) is 17.4. The van der Waals surface area contributed by atoms with E-state index in [1.807, 2.05) is 0 Å². The molecule has 338 valence electrons. The fourth-order valence-corrected chi connectivity index (χ4v) is 12.8. The highest BCUT2D eigenvalue weighted by Gasteiger charge is 2.55. The van der Waals surface area contributed by atoms with Crippen molar-refractivity contribution >= 4 is 17.1 Å². The summed E-state index contributed by atoms with van der Waals surface area (Å²) in [5, 5.41) is 0. The van der Waals surface area contributed by atoms with E-state index in [0.29, 0.717) is 0 Å². The number of fused-ring (bicyclic) bond motifs is 12. The smallest absolute Gasteiger partial charge is 0.0740 e. The van der Waals surface area contributed by atoms with Crippen molar-refractivity contribution in [3.05, 3.63) is 279 Å². The molecule has 3 aliphatic rings. The van der Waals surface area contributed by atoms with Crippen LogP contribution >= 0.6 is 0 Å². The molecule has 1 heteroatoms. The molecule has 1 spiro atoms. The van der Waals surface area contributed by atoms with Crippen LogP contribution in [0.15, 0.2) is 206 Å². The van der Waals surface area contributed by atoms with Crippen LogP contribution in [0.25, 0.3) is 22.3 Å². The number of rotatable bonds is 5. The summed E-state index contributed by atoms with van der Waals surface area (Å²) in [6.07, 6.45) is 0. The Morgan fingerprint density at radius 2 is 0.855 bits per heavy atom. The molecule has 0 saturated carbocycles. The standard InChI is InChI=1S/C68H61N/c1-44-30-37-49(38-31-44)69(50-39-40-53-51-22-13-15-25-55(51)67(60(53)43-50,46-20-11-10-12-21-46)47-34-32-45(33-35-47)64(2,3)4)62-29-19-24-54-52-23-14-16-26-56(52)68(63(54)62)58-28-18-17-27-57(58)66(8,9)61-42-48(65(5,6)7)36-41-59(61)68/h10-43H,1-9H3. The summed E-state index contributed by atoms with van der Waals surface area (Å²) in [6.45, 7) is 21.0. The van der Waals surface area contributed by atoms with Crippen molar-refractivity contribution in [2.75, 3.05) is 4.90 Å². The Balaban J connectivity index is 1.18. The van der Waals surface area contributed by atoms with E-state index in [1.165, 1.54) is 100 Å². The van der Waals surface area contributed by atoms with E-state index in [1.54, 1.807) is 0 Å². The Bertz CT molecular complexity index is 3480. The maximum atomic E-state index is 2.58. The predicted molar refractivity (Wildman–Crippen MR) is 290 cm³/mol. The Morgan fingerprint density at radius 1 is 0.348 bits per heavy atom. The molecule has 0 aliphatic heterocycles. The largest absolute Gasteiger partial charge is 0.310 e. The van der Waals surface area contributed by atoms with Gasteiger partial charge in [-0.1, -0.05) is 237 Å². The third-order valence-corrected chi connectivity index (χ3v) is 16.2. The van der Waals surface area contributed by atoms with E-state index in [0.717, 1.165) is 11.4 Å². The first kappa shape index (κ1) is 43.1. The van der Waals surface area contributed by atoms with Gasteiger partial charge in [0.2, 0.25) is 0 Å². The third kappa shape index (κ3) is 6.08. The van der Waals surface area contributed by atoms with E-state index in [2.05, 4.69) is 273 Å². The molecule has 0 N–H and O–H groups in total. The number of hydrogen-bond acceptors (Lipinski definition) is 1. The molecule has 1 nitrogen and oxygen atoms in total. The van der Waals surface area contributed by atoms with Gasteiger partial charge in [-0.2, -0.15) is 0 Å². The minimum absolute atomic E-state index is 0.00897. The van der Waals surface area contributed by atoms with Crippen LogP contribution in [-0.2, 0) is 27.1 Å². The molecule has 12 rings (SSSR count). The number of anilines is 3. The lowest BCUT2D eigenvalue weighted by atomic mass is 9.55. The third-order valence-electron chi connectivity index (χ3n) is 16.2. The first-order valence-corrected chi connectivity index (χ1v) is 24.9. The van der Waals surface area contributed by atoms with E-state index in [4.69, 9.17) is 0 Å². The van der Waals surface area contributed by atoms with E-state index < -0.39 is 10.8 Å². The maximum absolute atomic E-state index is 2.58. The quantitative estimate of drug-likeness (QED) is 0.166. The van der Waals surface area contributed by atoms with Crippen molar-refractivity contribution in [2.45, 2.75) is 89.4 Å². The second-order valence-corrected chi connectivity index (χ2v) is 22.6. The number of nitrogens with zero attached hydrogens (tertiary/aromatic N) is 1. The van der Waals surface area contributed by atoms with Gasteiger partial charge in [0.1, 0.15) is 0 Å². The van der Waals surface area contributed by atoms with Crippen molar-refractivity contribution in [1.82, 2.24) is 0 Å². The summed E-state index contributed by atoms with van der Waals surface area (Å²) < 4.78 is 0. The lowest BCUT2D eigenvalue weighted by Gasteiger charge is -2.48. The van der Waals surface area contributed by atoms with Gasteiger partial charge >= 0.3 is 0 Å². The van der Waals surface area contributed by atoms with Crippen molar-refractivity contribution in [3.8, 4) is 22.3 Å². The number of hydrogen-bond donors (Lipinski definition) is 0. The molecule has 0 heterocycles. The van der Waals surface area contributed by atoms with Crippen molar-refractivity contribution < 1.29 is 0 Å². The molecule has 0 radical (unpaired) electrons. The zero-order chi connectivity index (χ0) is 47.7. The van der Waals surface area contributed by atoms with Crippen LogP contribution < -0.4 is 4.90 Å². The summed E-state index contributed by atoms with van der Waals surface area (Å²) in [5.41, 5.74) is 24.5. The maximum Gasteiger partial charge on any atom is 0.0740 e. The van der Waals surface area contributed by atoms with E-state index in [-0.39, 0.29) is 16.2 Å². The molecular weight excluding hydrogens is 831 g/mol. The average molecular weight is 892 g/mol. The molecule has 0 amide bonds. The van der Waals surface area contributed by atoms with Gasteiger partial charge < -0.3 is 4.90 Å². The Kier molecular flexibility index (Phi) is 9.45. The normalized spacial score (nSPS) is 18.2.